The van der Waals surface area contributed by atoms with Crippen LogP contribution in [0.25, 0.3) is 0 Å². The molecule has 1 aromatic rings. The zero-order valence-electron chi connectivity index (χ0n) is 12.9. The average Bonchev–Trinajstić information content (AvgIpc) is 2.41. The van der Waals surface area contributed by atoms with E-state index in [-0.39, 0.29) is 0 Å². The fourth-order valence-electron chi connectivity index (χ4n) is 2.80. The number of rotatable bonds is 5. The van der Waals surface area contributed by atoms with Crippen LogP contribution in [-0.4, -0.2) is 42.4 Å². The number of β-amino-alcohol motifs (C(OH)–C–C–N with tert-alkyl or cyclic N) is 1. The molecule has 1 aromatic carbocycles. The van der Waals surface area contributed by atoms with Gasteiger partial charge in [0.25, 0.3) is 0 Å². The topological polar surface area (TPSA) is 32.7 Å². The summed E-state index contributed by atoms with van der Waals surface area (Å²) in [5, 5.41) is 10.1. The summed E-state index contributed by atoms with van der Waals surface area (Å²) in [6, 6.07) is 6.12. The first-order valence-corrected chi connectivity index (χ1v) is 7.65. The van der Waals surface area contributed by atoms with Crippen LogP contribution in [0.1, 0.15) is 30.9 Å². The smallest absolute Gasteiger partial charge is 0.125 e. The van der Waals surface area contributed by atoms with E-state index < -0.39 is 6.10 Å². The van der Waals surface area contributed by atoms with Gasteiger partial charge in [-0.25, -0.2) is 0 Å². The molecule has 0 amide bonds. The summed E-state index contributed by atoms with van der Waals surface area (Å²) in [6.07, 6.45) is 2.07. The molecule has 0 aliphatic carbocycles. The van der Waals surface area contributed by atoms with Crippen LogP contribution in [0.2, 0.25) is 0 Å². The number of para-hydroxylation sites is 1. The number of likely N-dealkylation sites (tertiary alicyclic amines) is 1. The maximum absolute atomic E-state index is 10.1. The highest BCUT2D eigenvalue weighted by Gasteiger charge is 2.18. The van der Waals surface area contributed by atoms with Crippen molar-refractivity contribution in [3.63, 3.8) is 0 Å². The Morgan fingerprint density at radius 2 is 1.85 bits per heavy atom. The first-order valence-electron chi connectivity index (χ1n) is 7.65. The highest BCUT2D eigenvalue weighted by molar-refractivity contribution is 5.39. The van der Waals surface area contributed by atoms with Crippen LogP contribution in [0.15, 0.2) is 18.2 Å². The van der Waals surface area contributed by atoms with E-state index in [0.29, 0.717) is 6.61 Å². The molecular weight excluding hydrogens is 250 g/mol. The number of ether oxygens (including phenoxy) is 1. The molecule has 0 spiro atoms. The number of aliphatic hydroxyl groups excluding tert-OH is 1. The third kappa shape index (κ3) is 4.22. The molecule has 1 saturated heterocycles. The molecule has 0 saturated carbocycles. The molecule has 3 heteroatoms. The zero-order chi connectivity index (χ0) is 14.5. The predicted molar refractivity (Wildman–Crippen MR) is 82.3 cm³/mol. The second-order valence-electron chi connectivity index (χ2n) is 6.17. The molecule has 0 bridgehead atoms. The van der Waals surface area contributed by atoms with E-state index in [1.54, 1.807) is 0 Å². The first kappa shape index (κ1) is 15.3. The van der Waals surface area contributed by atoms with E-state index in [1.807, 2.05) is 32.0 Å². The molecule has 1 N–H and O–H groups in total. The van der Waals surface area contributed by atoms with Gasteiger partial charge in [0.05, 0.1) is 0 Å². The predicted octanol–water partition coefficient (Wildman–Crippen LogP) is 2.78. The Kier molecular flexibility index (Phi) is 5.44. The van der Waals surface area contributed by atoms with Crippen LogP contribution in [-0.2, 0) is 0 Å². The van der Waals surface area contributed by atoms with Crippen molar-refractivity contribution in [2.24, 2.45) is 5.92 Å². The monoisotopic (exact) mass is 277 g/mol. The van der Waals surface area contributed by atoms with Crippen LogP contribution in [0, 0.1) is 19.8 Å². The van der Waals surface area contributed by atoms with Crippen molar-refractivity contribution >= 4 is 0 Å². The fourth-order valence-corrected chi connectivity index (χ4v) is 2.80. The Morgan fingerprint density at radius 3 is 2.45 bits per heavy atom. The molecule has 1 aliphatic rings. The summed E-state index contributed by atoms with van der Waals surface area (Å²) in [4.78, 5) is 2.35. The molecule has 20 heavy (non-hydrogen) atoms. The van der Waals surface area contributed by atoms with Crippen LogP contribution >= 0.6 is 0 Å². The quantitative estimate of drug-likeness (QED) is 0.898. The van der Waals surface area contributed by atoms with Crippen molar-refractivity contribution in [1.82, 2.24) is 4.90 Å². The van der Waals surface area contributed by atoms with Gasteiger partial charge in [-0.2, -0.15) is 0 Å². The van der Waals surface area contributed by atoms with Crippen LogP contribution in [0.4, 0.5) is 0 Å². The number of benzene rings is 1. The zero-order valence-corrected chi connectivity index (χ0v) is 12.9. The van der Waals surface area contributed by atoms with E-state index in [9.17, 15) is 5.11 Å². The van der Waals surface area contributed by atoms with Gasteiger partial charge in [0.1, 0.15) is 18.5 Å². The summed E-state index contributed by atoms with van der Waals surface area (Å²) >= 11 is 0. The molecule has 2 rings (SSSR count). The van der Waals surface area contributed by atoms with Crippen molar-refractivity contribution in [3.8, 4) is 5.75 Å². The van der Waals surface area contributed by atoms with E-state index in [4.69, 9.17) is 4.74 Å². The lowest BCUT2D eigenvalue weighted by Crippen LogP contribution is -2.40. The molecule has 0 aromatic heterocycles. The Labute approximate surface area is 122 Å². The van der Waals surface area contributed by atoms with Gasteiger partial charge in [-0.3, -0.25) is 0 Å². The Bertz CT molecular complexity index is 405. The Hall–Kier alpha value is -1.06. The van der Waals surface area contributed by atoms with Gasteiger partial charge in [0, 0.05) is 6.54 Å². The number of hydrogen-bond acceptors (Lipinski definition) is 3. The highest BCUT2D eigenvalue weighted by atomic mass is 16.5. The van der Waals surface area contributed by atoms with Gasteiger partial charge < -0.3 is 14.7 Å². The molecule has 1 atom stereocenters. The molecular formula is C17H27NO2. The minimum atomic E-state index is -0.414. The molecule has 0 unspecified atom stereocenters. The molecule has 112 valence electrons. The van der Waals surface area contributed by atoms with Gasteiger partial charge in [-0.1, -0.05) is 25.1 Å². The van der Waals surface area contributed by atoms with Gasteiger partial charge in [0.15, 0.2) is 0 Å². The van der Waals surface area contributed by atoms with Crippen molar-refractivity contribution in [1.29, 1.82) is 0 Å². The fraction of sp³-hybridized carbons (Fsp3) is 0.647. The van der Waals surface area contributed by atoms with Crippen molar-refractivity contribution in [2.45, 2.75) is 39.7 Å². The summed E-state index contributed by atoms with van der Waals surface area (Å²) < 4.78 is 5.82. The standard InChI is InChI=1S/C17H27NO2/c1-13-7-9-18(10-8-13)11-16(19)12-20-17-14(2)5-4-6-15(17)3/h4-6,13,16,19H,7-12H2,1-3H3/t16-/m0/s1. The lowest BCUT2D eigenvalue weighted by Gasteiger charge is -2.31. The lowest BCUT2D eigenvalue weighted by molar-refractivity contribution is 0.0559. The molecule has 1 fully saturated rings. The lowest BCUT2D eigenvalue weighted by atomic mass is 9.99. The van der Waals surface area contributed by atoms with Crippen molar-refractivity contribution < 1.29 is 9.84 Å². The number of nitrogens with zero attached hydrogens (tertiary/aromatic N) is 1. The SMILES string of the molecule is Cc1cccc(C)c1OC[C@@H](O)CN1CCC(C)CC1. The Morgan fingerprint density at radius 1 is 1.25 bits per heavy atom. The highest BCUT2D eigenvalue weighted by Crippen LogP contribution is 2.22. The first-order chi connectivity index (χ1) is 9.56. The van der Waals surface area contributed by atoms with E-state index in [2.05, 4.69) is 11.8 Å². The van der Waals surface area contributed by atoms with E-state index in [1.165, 1.54) is 12.8 Å². The third-order valence-electron chi connectivity index (χ3n) is 4.17. The summed E-state index contributed by atoms with van der Waals surface area (Å²) in [5.74, 6) is 1.74. The maximum Gasteiger partial charge on any atom is 0.125 e. The minimum absolute atomic E-state index is 0.373. The van der Waals surface area contributed by atoms with E-state index in [0.717, 1.165) is 42.4 Å². The number of hydrogen-bond donors (Lipinski definition) is 1. The number of piperidine rings is 1. The van der Waals surface area contributed by atoms with E-state index >= 15 is 0 Å². The summed E-state index contributed by atoms with van der Waals surface area (Å²) in [7, 11) is 0. The molecule has 1 heterocycles. The van der Waals surface area contributed by atoms with Gasteiger partial charge >= 0.3 is 0 Å². The second-order valence-corrected chi connectivity index (χ2v) is 6.17. The van der Waals surface area contributed by atoms with Crippen LogP contribution in [0.3, 0.4) is 0 Å². The minimum Gasteiger partial charge on any atom is -0.490 e. The third-order valence-corrected chi connectivity index (χ3v) is 4.17. The number of aliphatic hydroxyl groups is 1. The van der Waals surface area contributed by atoms with Crippen molar-refractivity contribution in [3.05, 3.63) is 29.3 Å². The molecule has 3 nitrogen and oxygen atoms in total. The summed E-state index contributed by atoms with van der Waals surface area (Å²) in [5.41, 5.74) is 2.26. The van der Waals surface area contributed by atoms with Gasteiger partial charge in [-0.05, 0) is 56.8 Å². The van der Waals surface area contributed by atoms with Crippen molar-refractivity contribution in [2.75, 3.05) is 26.2 Å². The molecule has 1 aliphatic heterocycles. The second kappa shape index (κ2) is 7.09. The maximum atomic E-state index is 10.1. The Balaban J connectivity index is 1.79. The summed E-state index contributed by atoms with van der Waals surface area (Å²) in [6.45, 7) is 9.68. The largest absolute Gasteiger partial charge is 0.490 e. The van der Waals surface area contributed by atoms with Crippen LogP contribution in [0.5, 0.6) is 5.75 Å². The number of aryl methyl sites for hydroxylation is 2. The normalized spacial score (nSPS) is 19.0. The van der Waals surface area contributed by atoms with Gasteiger partial charge in [-0.15, -0.1) is 0 Å². The average molecular weight is 277 g/mol. The molecule has 0 radical (unpaired) electrons. The van der Waals surface area contributed by atoms with Gasteiger partial charge in [0.2, 0.25) is 0 Å². The van der Waals surface area contributed by atoms with Crippen LogP contribution < -0.4 is 4.74 Å².